The molecule has 0 unspecified atom stereocenters. The lowest BCUT2D eigenvalue weighted by Gasteiger charge is -2.17. The van der Waals surface area contributed by atoms with Gasteiger partial charge in [-0.15, -0.1) is 0 Å². The van der Waals surface area contributed by atoms with E-state index in [-0.39, 0.29) is 11.5 Å². The number of nitrogens with zero attached hydrogens (tertiary/aromatic N) is 1. The number of aliphatic hydroxyl groups is 1. The highest BCUT2D eigenvalue weighted by atomic mass is 79.9. The first-order valence-electron chi connectivity index (χ1n) is 5.82. The van der Waals surface area contributed by atoms with Crippen LogP contribution in [0.2, 0.25) is 0 Å². The van der Waals surface area contributed by atoms with E-state index in [0.717, 1.165) is 12.8 Å². The lowest BCUT2D eigenvalue weighted by molar-refractivity contribution is 0.281. The second kappa shape index (κ2) is 7.23. The Labute approximate surface area is 117 Å². The van der Waals surface area contributed by atoms with E-state index in [4.69, 9.17) is 5.11 Å². The minimum absolute atomic E-state index is 0.153. The van der Waals surface area contributed by atoms with Gasteiger partial charge in [-0.2, -0.15) is 0 Å². The van der Waals surface area contributed by atoms with Crippen LogP contribution in [-0.4, -0.2) is 38.0 Å². The Hall–Kier alpha value is -0.430. The fourth-order valence-electron chi connectivity index (χ4n) is 1.57. The van der Waals surface area contributed by atoms with Gasteiger partial charge in [0.15, 0.2) is 0 Å². The second-order valence-corrected chi connectivity index (χ2v) is 6.91. The molecule has 0 saturated heterocycles. The summed E-state index contributed by atoms with van der Waals surface area (Å²) in [7, 11) is -1.86. The van der Waals surface area contributed by atoms with Crippen LogP contribution in [0.1, 0.15) is 19.3 Å². The van der Waals surface area contributed by atoms with Crippen molar-refractivity contribution in [2.24, 2.45) is 0 Å². The molecule has 1 N–H and O–H groups in total. The lowest BCUT2D eigenvalue weighted by Crippen LogP contribution is -2.28. The molecule has 0 radical (unpaired) electrons. The molecule has 0 aliphatic heterocycles. The van der Waals surface area contributed by atoms with Crippen LogP contribution >= 0.6 is 15.9 Å². The Morgan fingerprint density at radius 2 is 1.89 bits per heavy atom. The number of unbranched alkanes of at least 4 members (excludes halogenated alkanes) is 2. The van der Waals surface area contributed by atoms with E-state index in [9.17, 15) is 8.42 Å². The predicted octanol–water partition coefficient (Wildman–Crippen LogP) is 2.23. The van der Waals surface area contributed by atoms with Gasteiger partial charge in [-0.1, -0.05) is 12.1 Å². The second-order valence-electron chi connectivity index (χ2n) is 4.04. The average Bonchev–Trinajstić information content (AvgIpc) is 2.34. The average molecular weight is 336 g/mol. The van der Waals surface area contributed by atoms with Crippen LogP contribution in [0.3, 0.4) is 0 Å². The fourth-order valence-corrected chi connectivity index (χ4v) is 3.73. The van der Waals surface area contributed by atoms with Gasteiger partial charge in [0.2, 0.25) is 10.0 Å². The van der Waals surface area contributed by atoms with Crippen LogP contribution in [0.25, 0.3) is 0 Å². The van der Waals surface area contributed by atoms with E-state index in [0.29, 0.717) is 17.4 Å². The van der Waals surface area contributed by atoms with E-state index in [1.165, 1.54) is 4.31 Å². The van der Waals surface area contributed by atoms with Crippen LogP contribution in [0.4, 0.5) is 0 Å². The van der Waals surface area contributed by atoms with Gasteiger partial charge in [0.25, 0.3) is 0 Å². The lowest BCUT2D eigenvalue weighted by atomic mass is 10.2. The molecule has 4 nitrogen and oxygen atoms in total. The molecule has 0 fully saturated rings. The number of aliphatic hydroxyl groups excluding tert-OH is 1. The molecule has 0 aliphatic carbocycles. The highest BCUT2D eigenvalue weighted by Gasteiger charge is 2.22. The van der Waals surface area contributed by atoms with Crippen molar-refractivity contribution in [2.75, 3.05) is 20.2 Å². The zero-order valence-electron chi connectivity index (χ0n) is 10.3. The molecular weight excluding hydrogens is 318 g/mol. The Balaban J connectivity index is 2.72. The van der Waals surface area contributed by atoms with Crippen molar-refractivity contribution in [1.82, 2.24) is 4.31 Å². The Bertz CT molecular complexity index is 476. The molecule has 0 aliphatic rings. The summed E-state index contributed by atoms with van der Waals surface area (Å²) in [6.45, 7) is 0.615. The van der Waals surface area contributed by atoms with Crippen molar-refractivity contribution in [2.45, 2.75) is 24.2 Å². The van der Waals surface area contributed by atoms with Crippen molar-refractivity contribution >= 4 is 26.0 Å². The standard InChI is InChI=1S/C12H18BrNO3S/c1-14(9-5-2-6-10-15)18(16,17)12-8-4-3-7-11(12)13/h3-4,7-8,15H,2,5-6,9-10H2,1H3. The molecule has 0 spiro atoms. The van der Waals surface area contributed by atoms with Gasteiger partial charge in [0.1, 0.15) is 0 Å². The topological polar surface area (TPSA) is 57.6 Å². The molecule has 0 heterocycles. The molecule has 0 amide bonds. The first-order chi connectivity index (χ1) is 8.50. The SMILES string of the molecule is CN(CCCCCO)S(=O)(=O)c1ccccc1Br. The number of hydrogen-bond acceptors (Lipinski definition) is 3. The molecular formula is C12H18BrNO3S. The minimum Gasteiger partial charge on any atom is -0.396 e. The number of hydrogen-bond donors (Lipinski definition) is 1. The molecule has 18 heavy (non-hydrogen) atoms. The van der Waals surface area contributed by atoms with Gasteiger partial charge >= 0.3 is 0 Å². The summed E-state index contributed by atoms with van der Waals surface area (Å²) in [5, 5.41) is 8.67. The van der Waals surface area contributed by atoms with Crippen LogP contribution in [0.5, 0.6) is 0 Å². The third kappa shape index (κ3) is 4.05. The van der Waals surface area contributed by atoms with Crippen LogP contribution in [0.15, 0.2) is 33.6 Å². The molecule has 0 saturated carbocycles. The maximum Gasteiger partial charge on any atom is 0.243 e. The third-order valence-corrected chi connectivity index (χ3v) is 5.52. The molecule has 1 aromatic carbocycles. The summed E-state index contributed by atoms with van der Waals surface area (Å²) in [6.07, 6.45) is 2.29. The summed E-state index contributed by atoms with van der Waals surface area (Å²) in [5.74, 6) is 0. The van der Waals surface area contributed by atoms with Crippen LogP contribution < -0.4 is 0 Å². The highest BCUT2D eigenvalue weighted by Crippen LogP contribution is 2.24. The molecule has 1 rings (SSSR count). The van der Waals surface area contributed by atoms with E-state index in [2.05, 4.69) is 15.9 Å². The van der Waals surface area contributed by atoms with Crippen LogP contribution in [-0.2, 0) is 10.0 Å². The highest BCUT2D eigenvalue weighted by molar-refractivity contribution is 9.10. The smallest absolute Gasteiger partial charge is 0.243 e. The largest absolute Gasteiger partial charge is 0.396 e. The van der Waals surface area contributed by atoms with Crippen molar-refractivity contribution in [3.63, 3.8) is 0 Å². The monoisotopic (exact) mass is 335 g/mol. The first-order valence-corrected chi connectivity index (χ1v) is 8.05. The van der Waals surface area contributed by atoms with Crippen molar-refractivity contribution in [3.05, 3.63) is 28.7 Å². The summed E-state index contributed by atoms with van der Waals surface area (Å²) >= 11 is 3.25. The van der Waals surface area contributed by atoms with Gasteiger partial charge in [-0.3, -0.25) is 0 Å². The number of rotatable bonds is 7. The molecule has 0 atom stereocenters. The van der Waals surface area contributed by atoms with Crippen LogP contribution in [0, 0.1) is 0 Å². The Kier molecular flexibility index (Phi) is 6.28. The number of halogens is 1. The first kappa shape index (κ1) is 15.6. The number of sulfonamides is 1. The van der Waals surface area contributed by atoms with Crippen molar-refractivity contribution < 1.29 is 13.5 Å². The van der Waals surface area contributed by atoms with E-state index in [1.54, 1.807) is 31.3 Å². The fraction of sp³-hybridized carbons (Fsp3) is 0.500. The quantitative estimate of drug-likeness (QED) is 0.777. The van der Waals surface area contributed by atoms with Gasteiger partial charge < -0.3 is 5.11 Å². The normalized spacial score (nSPS) is 12.0. The molecule has 6 heteroatoms. The summed E-state index contributed by atoms with van der Waals surface area (Å²) < 4.78 is 26.5. The van der Waals surface area contributed by atoms with Gasteiger partial charge in [-0.05, 0) is 47.3 Å². The zero-order valence-corrected chi connectivity index (χ0v) is 12.7. The number of benzene rings is 1. The van der Waals surface area contributed by atoms with Gasteiger partial charge in [0.05, 0.1) is 4.90 Å². The summed E-state index contributed by atoms with van der Waals surface area (Å²) in [4.78, 5) is 0.287. The van der Waals surface area contributed by atoms with E-state index in [1.807, 2.05) is 0 Å². The summed E-state index contributed by atoms with van der Waals surface area (Å²) in [6, 6.07) is 6.79. The zero-order chi connectivity index (χ0) is 13.6. The Morgan fingerprint density at radius 1 is 1.22 bits per heavy atom. The summed E-state index contributed by atoms with van der Waals surface area (Å²) in [5.41, 5.74) is 0. The molecule has 0 bridgehead atoms. The van der Waals surface area contributed by atoms with E-state index >= 15 is 0 Å². The van der Waals surface area contributed by atoms with Crippen molar-refractivity contribution in [3.8, 4) is 0 Å². The maximum absolute atomic E-state index is 12.3. The van der Waals surface area contributed by atoms with Gasteiger partial charge in [-0.25, -0.2) is 12.7 Å². The maximum atomic E-state index is 12.3. The predicted molar refractivity (Wildman–Crippen MR) is 74.9 cm³/mol. The van der Waals surface area contributed by atoms with Gasteiger partial charge in [0, 0.05) is 24.7 Å². The molecule has 1 aromatic rings. The van der Waals surface area contributed by atoms with E-state index < -0.39 is 10.0 Å². The molecule has 0 aromatic heterocycles. The van der Waals surface area contributed by atoms with Crippen molar-refractivity contribution in [1.29, 1.82) is 0 Å². The molecule has 102 valence electrons. The Morgan fingerprint density at radius 3 is 2.50 bits per heavy atom. The third-order valence-electron chi connectivity index (χ3n) is 2.66. The minimum atomic E-state index is -3.43.